The summed E-state index contributed by atoms with van der Waals surface area (Å²) in [4.78, 5) is 15.8. The number of urea groups is 1. The fourth-order valence-corrected chi connectivity index (χ4v) is 5.02. The SMILES string of the molecule is CCc1nn(-c2ccccc2)c2c1CN(C(=O)NCCC(C)C)[C@H](c1ccc(C)cc1)c1cccn1-2. The summed E-state index contributed by atoms with van der Waals surface area (Å²) in [5, 5.41) is 8.23. The molecule has 0 radical (unpaired) electrons. The second-order valence-electron chi connectivity index (χ2n) is 10.0. The van der Waals surface area contributed by atoms with Crippen LogP contribution in [0.3, 0.4) is 0 Å². The van der Waals surface area contributed by atoms with Crippen molar-refractivity contribution in [3.63, 3.8) is 0 Å². The maximum Gasteiger partial charge on any atom is 0.318 e. The van der Waals surface area contributed by atoms with E-state index in [9.17, 15) is 4.79 Å². The van der Waals surface area contributed by atoms with E-state index in [2.05, 4.69) is 92.3 Å². The van der Waals surface area contributed by atoms with Crippen LogP contribution in [0.2, 0.25) is 0 Å². The van der Waals surface area contributed by atoms with Gasteiger partial charge in [-0.05, 0) is 55.5 Å². The topological polar surface area (TPSA) is 55.1 Å². The lowest BCUT2D eigenvalue weighted by Gasteiger charge is -2.31. The molecule has 36 heavy (non-hydrogen) atoms. The highest BCUT2D eigenvalue weighted by Gasteiger charge is 2.36. The van der Waals surface area contributed by atoms with Crippen molar-refractivity contribution >= 4 is 6.03 Å². The fourth-order valence-electron chi connectivity index (χ4n) is 5.02. The molecule has 2 amide bonds. The molecule has 5 rings (SSSR count). The molecule has 6 nitrogen and oxygen atoms in total. The third-order valence-corrected chi connectivity index (χ3v) is 6.96. The standard InChI is InChI=1S/C30H35N5O/c1-5-26-25-20-34(30(36)31-18-17-21(2)3)28(23-15-13-22(4)14-16-23)27-12-9-19-33(27)29(25)35(32-26)24-10-7-6-8-11-24/h6-16,19,21,28H,5,17-18,20H2,1-4H3,(H,31,36)/t28-/m1/s1. The Labute approximate surface area is 213 Å². The lowest BCUT2D eigenvalue weighted by molar-refractivity contribution is 0.180. The summed E-state index contributed by atoms with van der Waals surface area (Å²) in [6.45, 7) is 9.72. The number of nitrogens with one attached hydrogen (secondary N) is 1. The van der Waals surface area contributed by atoms with Gasteiger partial charge in [0.15, 0.2) is 0 Å². The zero-order valence-electron chi connectivity index (χ0n) is 21.6. The number of hydrogen-bond acceptors (Lipinski definition) is 2. The van der Waals surface area contributed by atoms with E-state index in [-0.39, 0.29) is 12.1 Å². The quantitative estimate of drug-likeness (QED) is 0.357. The van der Waals surface area contributed by atoms with Gasteiger partial charge in [-0.3, -0.25) is 0 Å². The summed E-state index contributed by atoms with van der Waals surface area (Å²) < 4.78 is 4.25. The van der Waals surface area contributed by atoms with Gasteiger partial charge in [0.1, 0.15) is 5.82 Å². The summed E-state index contributed by atoms with van der Waals surface area (Å²) in [7, 11) is 0. The number of aromatic nitrogens is 3. The average Bonchev–Trinajstić information content (AvgIpc) is 3.46. The molecule has 2 aromatic heterocycles. The Morgan fingerprint density at radius 3 is 2.50 bits per heavy atom. The van der Waals surface area contributed by atoms with Crippen LogP contribution in [0, 0.1) is 12.8 Å². The number of aryl methyl sites for hydroxylation is 2. The lowest BCUT2D eigenvalue weighted by Crippen LogP contribution is -2.42. The van der Waals surface area contributed by atoms with Gasteiger partial charge in [0.25, 0.3) is 0 Å². The molecule has 1 atom stereocenters. The maximum atomic E-state index is 13.8. The first-order chi connectivity index (χ1) is 17.5. The molecule has 0 spiro atoms. The van der Waals surface area contributed by atoms with Crippen LogP contribution in [-0.4, -0.2) is 31.8 Å². The van der Waals surface area contributed by atoms with Crippen molar-refractivity contribution in [1.29, 1.82) is 0 Å². The normalized spacial score (nSPS) is 14.9. The summed E-state index contributed by atoms with van der Waals surface area (Å²) in [6.07, 6.45) is 3.83. The van der Waals surface area contributed by atoms with Crippen LogP contribution in [-0.2, 0) is 13.0 Å². The Morgan fingerprint density at radius 1 is 1.06 bits per heavy atom. The van der Waals surface area contributed by atoms with Crippen LogP contribution < -0.4 is 5.32 Å². The zero-order chi connectivity index (χ0) is 25.2. The monoisotopic (exact) mass is 481 g/mol. The van der Waals surface area contributed by atoms with E-state index >= 15 is 0 Å². The first-order valence-electron chi connectivity index (χ1n) is 12.9. The maximum absolute atomic E-state index is 13.8. The Hall–Kier alpha value is -3.80. The number of benzene rings is 2. The van der Waals surface area contributed by atoms with E-state index in [4.69, 9.17) is 5.10 Å². The number of carbonyl (C=O) groups excluding carboxylic acids is 1. The van der Waals surface area contributed by atoms with Crippen LogP contribution in [0.25, 0.3) is 11.5 Å². The second-order valence-corrected chi connectivity index (χ2v) is 10.0. The van der Waals surface area contributed by atoms with Crippen LogP contribution in [0.1, 0.15) is 61.3 Å². The molecule has 6 heteroatoms. The molecule has 3 heterocycles. The molecule has 0 saturated carbocycles. The molecule has 2 aromatic carbocycles. The van der Waals surface area contributed by atoms with Crippen molar-refractivity contribution in [2.75, 3.05) is 6.54 Å². The van der Waals surface area contributed by atoms with Crippen molar-refractivity contribution in [2.45, 2.75) is 53.1 Å². The number of rotatable bonds is 6. The third-order valence-electron chi connectivity index (χ3n) is 6.96. The van der Waals surface area contributed by atoms with Gasteiger partial charge < -0.3 is 14.8 Å². The number of fused-ring (bicyclic) bond motifs is 3. The van der Waals surface area contributed by atoms with Crippen molar-refractivity contribution < 1.29 is 4.79 Å². The van der Waals surface area contributed by atoms with Gasteiger partial charge in [-0.1, -0.05) is 68.8 Å². The van der Waals surface area contributed by atoms with Crippen molar-refractivity contribution in [3.05, 3.63) is 101 Å². The third kappa shape index (κ3) is 4.43. The number of carbonyl (C=O) groups is 1. The summed E-state index contributed by atoms with van der Waals surface area (Å²) in [5.41, 5.74) is 6.46. The Balaban J connectivity index is 1.68. The highest BCUT2D eigenvalue weighted by molar-refractivity contribution is 5.76. The highest BCUT2D eigenvalue weighted by Crippen LogP contribution is 2.38. The van der Waals surface area contributed by atoms with E-state index in [1.807, 2.05) is 27.8 Å². The molecule has 0 unspecified atom stereocenters. The number of amides is 2. The van der Waals surface area contributed by atoms with Crippen LogP contribution >= 0.6 is 0 Å². The van der Waals surface area contributed by atoms with Crippen molar-refractivity contribution in [1.82, 2.24) is 24.6 Å². The zero-order valence-corrected chi connectivity index (χ0v) is 21.6. The highest BCUT2D eigenvalue weighted by atomic mass is 16.2. The molecule has 0 aliphatic carbocycles. The van der Waals surface area contributed by atoms with E-state index in [0.29, 0.717) is 19.0 Å². The van der Waals surface area contributed by atoms with Crippen molar-refractivity contribution in [2.24, 2.45) is 5.92 Å². The van der Waals surface area contributed by atoms with E-state index in [1.54, 1.807) is 0 Å². The minimum atomic E-state index is -0.221. The molecule has 186 valence electrons. The largest absolute Gasteiger partial charge is 0.338 e. The summed E-state index contributed by atoms with van der Waals surface area (Å²) in [6, 6.07) is 22.7. The van der Waals surface area contributed by atoms with E-state index < -0.39 is 0 Å². The number of hydrogen-bond donors (Lipinski definition) is 1. The van der Waals surface area contributed by atoms with Gasteiger partial charge in [-0.25, -0.2) is 9.48 Å². The molecule has 0 fully saturated rings. The smallest absolute Gasteiger partial charge is 0.318 e. The molecule has 0 saturated heterocycles. The van der Waals surface area contributed by atoms with E-state index in [0.717, 1.165) is 46.9 Å². The molecule has 1 aliphatic rings. The van der Waals surface area contributed by atoms with Gasteiger partial charge in [0.2, 0.25) is 0 Å². The van der Waals surface area contributed by atoms with Crippen LogP contribution in [0.4, 0.5) is 4.79 Å². The first-order valence-corrected chi connectivity index (χ1v) is 12.9. The molecule has 1 aliphatic heterocycles. The van der Waals surface area contributed by atoms with Gasteiger partial charge >= 0.3 is 6.03 Å². The van der Waals surface area contributed by atoms with Gasteiger partial charge in [-0.15, -0.1) is 0 Å². The minimum Gasteiger partial charge on any atom is -0.338 e. The molecule has 4 aromatic rings. The van der Waals surface area contributed by atoms with E-state index in [1.165, 1.54) is 5.56 Å². The number of nitrogens with zero attached hydrogens (tertiary/aromatic N) is 4. The predicted octanol–water partition coefficient (Wildman–Crippen LogP) is 6.19. The Morgan fingerprint density at radius 2 is 1.81 bits per heavy atom. The second kappa shape index (κ2) is 10.1. The van der Waals surface area contributed by atoms with Crippen LogP contribution in [0.15, 0.2) is 72.9 Å². The lowest BCUT2D eigenvalue weighted by atomic mass is 10.0. The van der Waals surface area contributed by atoms with Crippen LogP contribution in [0.5, 0.6) is 0 Å². The molecule has 1 N–H and O–H groups in total. The summed E-state index contributed by atoms with van der Waals surface area (Å²) >= 11 is 0. The Bertz CT molecular complexity index is 1330. The predicted molar refractivity (Wildman–Crippen MR) is 144 cm³/mol. The summed E-state index contributed by atoms with van der Waals surface area (Å²) in [5.74, 6) is 1.54. The van der Waals surface area contributed by atoms with Gasteiger partial charge in [0, 0.05) is 18.3 Å². The molecular weight excluding hydrogens is 446 g/mol. The average molecular weight is 482 g/mol. The van der Waals surface area contributed by atoms with Crippen molar-refractivity contribution in [3.8, 4) is 11.5 Å². The van der Waals surface area contributed by atoms with Gasteiger partial charge in [0.05, 0.1) is 29.7 Å². The molecule has 0 bridgehead atoms. The van der Waals surface area contributed by atoms with Gasteiger partial charge in [-0.2, -0.15) is 5.10 Å². The first kappa shape index (κ1) is 23.9. The fraction of sp³-hybridized carbons (Fsp3) is 0.333. The molecular formula is C30H35N5O. The minimum absolute atomic E-state index is 0.0451. The Kier molecular flexibility index (Phi) is 6.68. The number of para-hydroxylation sites is 1.